The SMILES string of the molecule is CC1Cc2c(CC3c4ccccc4-c4ccccc43)cccc2C1COCC1c2cccc(CC3c4ccccc4-c4ccccc43)c2CC1C. The number of hydrogen-bond acceptors (Lipinski definition) is 1. The van der Waals surface area contributed by atoms with Crippen molar-refractivity contribution in [3.8, 4) is 22.3 Å². The van der Waals surface area contributed by atoms with E-state index >= 15 is 0 Å². The van der Waals surface area contributed by atoms with Gasteiger partial charge in [-0.3, -0.25) is 0 Å². The van der Waals surface area contributed by atoms with Crippen LogP contribution in [-0.4, -0.2) is 13.2 Å². The molecular weight excluding hydrogens is 617 g/mol. The van der Waals surface area contributed by atoms with Crippen molar-refractivity contribution in [1.29, 1.82) is 0 Å². The van der Waals surface area contributed by atoms with Gasteiger partial charge in [-0.1, -0.05) is 147 Å². The molecule has 0 aromatic heterocycles. The lowest BCUT2D eigenvalue weighted by Gasteiger charge is -2.22. The van der Waals surface area contributed by atoms with Crippen molar-refractivity contribution in [2.75, 3.05) is 13.2 Å². The second-order valence-corrected chi connectivity index (χ2v) is 15.9. The number of ether oxygens (including phenoxy) is 1. The van der Waals surface area contributed by atoms with Crippen LogP contribution in [0.15, 0.2) is 133 Å². The van der Waals surface area contributed by atoms with Gasteiger partial charge in [0.2, 0.25) is 0 Å². The summed E-state index contributed by atoms with van der Waals surface area (Å²) in [6.07, 6.45) is 4.42. The van der Waals surface area contributed by atoms with Gasteiger partial charge < -0.3 is 4.74 Å². The molecular formula is C50H46O. The summed E-state index contributed by atoms with van der Waals surface area (Å²) in [5, 5.41) is 0. The summed E-state index contributed by atoms with van der Waals surface area (Å²) < 4.78 is 6.79. The predicted octanol–water partition coefficient (Wildman–Crippen LogP) is 11.7. The van der Waals surface area contributed by atoms with Crippen LogP contribution in [0.2, 0.25) is 0 Å². The lowest BCUT2D eigenvalue weighted by molar-refractivity contribution is 0.0893. The Hall–Kier alpha value is -4.72. The fourth-order valence-corrected chi connectivity index (χ4v) is 10.7. The highest BCUT2D eigenvalue weighted by Gasteiger charge is 2.36. The average molecular weight is 663 g/mol. The number of fused-ring (bicyclic) bond motifs is 8. The monoisotopic (exact) mass is 662 g/mol. The predicted molar refractivity (Wildman–Crippen MR) is 210 cm³/mol. The first-order valence-electron chi connectivity index (χ1n) is 19.3. The Labute approximate surface area is 303 Å². The van der Waals surface area contributed by atoms with Crippen molar-refractivity contribution in [1.82, 2.24) is 0 Å². The fraction of sp³-hybridized carbons (Fsp3) is 0.280. The van der Waals surface area contributed by atoms with Crippen molar-refractivity contribution in [2.45, 2.75) is 63.2 Å². The zero-order chi connectivity index (χ0) is 34.1. The molecule has 4 aliphatic carbocycles. The Morgan fingerprint density at radius 3 is 1.12 bits per heavy atom. The second-order valence-electron chi connectivity index (χ2n) is 15.9. The van der Waals surface area contributed by atoms with Gasteiger partial charge in [-0.2, -0.15) is 0 Å². The van der Waals surface area contributed by atoms with Crippen LogP contribution in [0.25, 0.3) is 22.3 Å². The molecule has 6 aromatic carbocycles. The molecule has 0 saturated carbocycles. The van der Waals surface area contributed by atoms with Crippen molar-refractivity contribution in [3.63, 3.8) is 0 Å². The van der Waals surface area contributed by atoms with E-state index in [0.29, 0.717) is 35.5 Å². The van der Waals surface area contributed by atoms with Crippen molar-refractivity contribution < 1.29 is 4.74 Å². The minimum absolute atomic E-state index is 0.418. The molecule has 4 aliphatic rings. The van der Waals surface area contributed by atoms with Crippen LogP contribution in [0.5, 0.6) is 0 Å². The smallest absolute Gasteiger partial charge is 0.0537 e. The largest absolute Gasteiger partial charge is 0.380 e. The third-order valence-corrected chi connectivity index (χ3v) is 13.2. The van der Waals surface area contributed by atoms with Crippen molar-refractivity contribution >= 4 is 0 Å². The van der Waals surface area contributed by atoms with E-state index in [1.165, 1.54) is 66.8 Å². The summed E-state index contributed by atoms with van der Waals surface area (Å²) in [6, 6.07) is 50.4. The van der Waals surface area contributed by atoms with E-state index in [1.807, 2.05) is 0 Å². The molecule has 6 aromatic rings. The molecule has 4 unspecified atom stereocenters. The average Bonchev–Trinajstić information content (AvgIpc) is 3.87. The van der Waals surface area contributed by atoms with Crippen molar-refractivity contribution in [3.05, 3.63) is 189 Å². The van der Waals surface area contributed by atoms with Gasteiger partial charge in [0.1, 0.15) is 0 Å². The van der Waals surface area contributed by atoms with Gasteiger partial charge in [-0.15, -0.1) is 0 Å². The van der Waals surface area contributed by atoms with Gasteiger partial charge in [-0.05, 0) is 115 Å². The maximum atomic E-state index is 6.79. The number of hydrogen-bond donors (Lipinski definition) is 0. The summed E-state index contributed by atoms with van der Waals surface area (Å²) >= 11 is 0. The summed E-state index contributed by atoms with van der Waals surface area (Å²) in [5.74, 6) is 2.91. The van der Waals surface area contributed by atoms with E-state index in [9.17, 15) is 0 Å². The van der Waals surface area contributed by atoms with E-state index in [2.05, 4.69) is 147 Å². The highest BCUT2D eigenvalue weighted by molar-refractivity contribution is 5.80. The van der Waals surface area contributed by atoms with Gasteiger partial charge in [0.05, 0.1) is 13.2 Å². The molecule has 0 saturated heterocycles. The first-order chi connectivity index (χ1) is 25.1. The Bertz CT molecular complexity index is 2020. The van der Waals surface area contributed by atoms with Crippen LogP contribution in [0.1, 0.15) is 93.2 Å². The van der Waals surface area contributed by atoms with Crippen molar-refractivity contribution in [2.24, 2.45) is 11.8 Å². The molecule has 10 rings (SSSR count). The summed E-state index contributed by atoms with van der Waals surface area (Å²) in [4.78, 5) is 0. The van der Waals surface area contributed by atoms with Gasteiger partial charge >= 0.3 is 0 Å². The first kappa shape index (κ1) is 31.1. The van der Waals surface area contributed by atoms with Gasteiger partial charge in [0, 0.05) is 23.7 Å². The Kier molecular flexibility index (Phi) is 7.61. The maximum Gasteiger partial charge on any atom is 0.0537 e. The molecule has 51 heavy (non-hydrogen) atoms. The molecule has 252 valence electrons. The molecule has 0 heterocycles. The Morgan fingerprint density at radius 1 is 0.412 bits per heavy atom. The zero-order valence-electron chi connectivity index (χ0n) is 29.8. The minimum Gasteiger partial charge on any atom is -0.380 e. The molecule has 0 spiro atoms. The molecule has 1 heteroatoms. The highest BCUT2D eigenvalue weighted by atomic mass is 16.5. The van der Waals surface area contributed by atoms with E-state index in [1.54, 1.807) is 11.1 Å². The van der Waals surface area contributed by atoms with Crippen LogP contribution in [0.3, 0.4) is 0 Å². The van der Waals surface area contributed by atoms with Crippen LogP contribution < -0.4 is 0 Å². The third kappa shape index (κ3) is 5.07. The molecule has 0 aliphatic heterocycles. The van der Waals surface area contributed by atoms with Crippen LogP contribution in [-0.2, 0) is 30.4 Å². The summed E-state index contributed by atoms with van der Waals surface area (Å²) in [5.41, 5.74) is 20.8. The van der Waals surface area contributed by atoms with E-state index in [0.717, 1.165) is 38.9 Å². The van der Waals surface area contributed by atoms with E-state index in [4.69, 9.17) is 4.74 Å². The first-order valence-corrected chi connectivity index (χ1v) is 19.3. The summed E-state index contributed by atoms with van der Waals surface area (Å²) in [7, 11) is 0. The molecule has 0 bridgehead atoms. The van der Waals surface area contributed by atoms with Gasteiger partial charge in [0.15, 0.2) is 0 Å². The lowest BCUT2D eigenvalue weighted by Crippen LogP contribution is -2.17. The molecule has 0 amide bonds. The van der Waals surface area contributed by atoms with Gasteiger partial charge in [-0.25, -0.2) is 0 Å². The molecule has 0 N–H and O–H groups in total. The van der Waals surface area contributed by atoms with Crippen LogP contribution >= 0.6 is 0 Å². The minimum atomic E-state index is 0.418. The Balaban J connectivity index is 0.858. The number of rotatable bonds is 8. The van der Waals surface area contributed by atoms with Gasteiger partial charge in [0.25, 0.3) is 0 Å². The molecule has 1 nitrogen and oxygen atoms in total. The molecule has 4 atom stereocenters. The fourth-order valence-electron chi connectivity index (χ4n) is 10.7. The molecule has 0 fully saturated rings. The lowest BCUT2D eigenvalue weighted by atomic mass is 9.87. The van der Waals surface area contributed by atoms with Crippen LogP contribution in [0.4, 0.5) is 0 Å². The van der Waals surface area contributed by atoms with E-state index < -0.39 is 0 Å². The zero-order valence-corrected chi connectivity index (χ0v) is 29.8. The molecule has 0 radical (unpaired) electrons. The quantitative estimate of drug-likeness (QED) is 0.158. The maximum absolute atomic E-state index is 6.79. The normalized spacial score (nSPS) is 21.2. The topological polar surface area (TPSA) is 9.23 Å². The standard InChI is InChI=1S/C50H46O/c1-31-25-45-33(27-47-39-19-7-3-15-35(39)36-16-4-8-20-40(36)47)13-11-23-43(45)49(31)29-51-30-50-32(2)26-46-34(14-12-24-44(46)50)28-48-41-21-9-5-17-37(41)38-18-6-10-22-42(38)48/h3-24,31-32,47-50H,25-30H2,1-2H3. The van der Waals surface area contributed by atoms with Crippen LogP contribution in [0, 0.1) is 11.8 Å². The highest BCUT2D eigenvalue weighted by Crippen LogP contribution is 2.50. The third-order valence-electron chi connectivity index (χ3n) is 13.2. The summed E-state index contributed by atoms with van der Waals surface area (Å²) in [6.45, 7) is 6.50. The Morgan fingerprint density at radius 2 is 0.745 bits per heavy atom. The van der Waals surface area contributed by atoms with E-state index in [-0.39, 0.29) is 0 Å². The number of benzene rings is 6. The second kappa shape index (κ2) is 12.5.